The maximum Gasteiger partial charge on any atom is 0.306 e. The van der Waals surface area contributed by atoms with E-state index in [9.17, 15) is 23.9 Å². The molecule has 1 saturated carbocycles. The summed E-state index contributed by atoms with van der Waals surface area (Å²) in [5.74, 6) is -2.07. The van der Waals surface area contributed by atoms with Crippen LogP contribution in [0.5, 0.6) is 11.5 Å². The van der Waals surface area contributed by atoms with Crippen LogP contribution in [0.25, 0.3) is 0 Å². The number of aromatic hydroxyl groups is 1. The first-order chi connectivity index (χ1) is 15.3. The molecule has 7 nitrogen and oxygen atoms in total. The minimum Gasteiger partial charge on any atom is -0.507 e. The molecule has 3 rings (SSSR count). The molecule has 1 fully saturated rings. The molecule has 0 heterocycles. The van der Waals surface area contributed by atoms with Gasteiger partial charge in [0.2, 0.25) is 0 Å². The normalized spacial score (nSPS) is 18.0. The molecule has 0 bridgehead atoms. The molecule has 0 saturated heterocycles. The quantitative estimate of drug-likeness (QED) is 0.400. The fourth-order valence-corrected chi connectivity index (χ4v) is 3.73. The number of amides is 1. The molecule has 0 aliphatic heterocycles. The number of carboxylic acid groups (broad SMARTS) is 1. The SMILES string of the molecule is O=C(CCCNC(=O)c1ccc(F)cc1O)c1ccc(OC2CCC(C(=O)O)CC2)cc1. The molecule has 0 aromatic heterocycles. The topological polar surface area (TPSA) is 113 Å². The summed E-state index contributed by atoms with van der Waals surface area (Å²) in [6.45, 7) is 0.238. The van der Waals surface area contributed by atoms with Gasteiger partial charge in [0.1, 0.15) is 17.3 Å². The van der Waals surface area contributed by atoms with E-state index in [1.165, 1.54) is 6.07 Å². The van der Waals surface area contributed by atoms with Crippen LogP contribution in [0.2, 0.25) is 0 Å². The van der Waals surface area contributed by atoms with Gasteiger partial charge in [0.25, 0.3) is 5.91 Å². The van der Waals surface area contributed by atoms with E-state index in [1.807, 2.05) is 0 Å². The fourth-order valence-electron chi connectivity index (χ4n) is 3.73. The number of ether oxygens (including phenoxy) is 1. The summed E-state index contributed by atoms with van der Waals surface area (Å²) in [6, 6.07) is 10.0. The number of aliphatic carboxylic acids is 1. The molecule has 0 unspecified atom stereocenters. The Morgan fingerprint density at radius 3 is 2.34 bits per heavy atom. The third-order valence-corrected chi connectivity index (χ3v) is 5.57. The summed E-state index contributed by atoms with van der Waals surface area (Å²) in [6.07, 6.45) is 3.23. The van der Waals surface area contributed by atoms with E-state index in [0.717, 1.165) is 12.1 Å². The number of rotatable bonds is 9. The third kappa shape index (κ3) is 6.29. The largest absolute Gasteiger partial charge is 0.507 e. The lowest BCUT2D eigenvalue weighted by Crippen LogP contribution is -2.27. The summed E-state index contributed by atoms with van der Waals surface area (Å²) < 4.78 is 18.9. The van der Waals surface area contributed by atoms with Crippen LogP contribution in [0, 0.1) is 11.7 Å². The number of carbonyl (C=O) groups excluding carboxylic acids is 2. The second kappa shape index (κ2) is 10.7. The Labute approximate surface area is 185 Å². The van der Waals surface area contributed by atoms with Gasteiger partial charge in [0, 0.05) is 24.6 Å². The van der Waals surface area contributed by atoms with Crippen molar-refractivity contribution in [1.82, 2.24) is 5.32 Å². The minimum atomic E-state index is -0.750. The monoisotopic (exact) mass is 443 g/mol. The molecule has 8 heteroatoms. The van der Waals surface area contributed by atoms with Crippen LogP contribution >= 0.6 is 0 Å². The average molecular weight is 443 g/mol. The van der Waals surface area contributed by atoms with Crippen molar-refractivity contribution in [1.29, 1.82) is 0 Å². The predicted molar refractivity (Wildman–Crippen MR) is 114 cm³/mol. The van der Waals surface area contributed by atoms with Crippen molar-refractivity contribution in [2.45, 2.75) is 44.6 Å². The van der Waals surface area contributed by atoms with Gasteiger partial charge in [-0.3, -0.25) is 14.4 Å². The molecule has 2 aromatic carbocycles. The van der Waals surface area contributed by atoms with Crippen molar-refractivity contribution < 1.29 is 33.7 Å². The number of carbonyl (C=O) groups is 3. The van der Waals surface area contributed by atoms with Crippen LogP contribution in [0.1, 0.15) is 59.2 Å². The molecule has 32 heavy (non-hydrogen) atoms. The molecule has 3 N–H and O–H groups in total. The number of carboxylic acids is 1. The van der Waals surface area contributed by atoms with Gasteiger partial charge < -0.3 is 20.3 Å². The number of phenols is 1. The maximum atomic E-state index is 13.0. The summed E-state index contributed by atoms with van der Waals surface area (Å²) in [5.41, 5.74) is 0.513. The van der Waals surface area contributed by atoms with Crippen molar-refractivity contribution in [2.75, 3.05) is 6.54 Å². The fraction of sp³-hybridized carbons (Fsp3) is 0.375. The van der Waals surface area contributed by atoms with Crippen LogP contribution in [0.3, 0.4) is 0 Å². The standard InChI is InChI=1S/C24H26FNO6/c25-17-7-12-20(22(28)14-17)23(29)26-13-1-2-21(27)15-3-8-18(9-4-15)32-19-10-5-16(6-11-19)24(30)31/h3-4,7-9,12,14,16,19,28H,1-2,5-6,10-11,13H2,(H,26,29)(H,30,31). The highest BCUT2D eigenvalue weighted by atomic mass is 19.1. The van der Waals surface area contributed by atoms with E-state index in [-0.39, 0.29) is 36.3 Å². The molecular formula is C24H26FNO6. The van der Waals surface area contributed by atoms with Gasteiger partial charge in [0.15, 0.2) is 5.78 Å². The van der Waals surface area contributed by atoms with E-state index in [0.29, 0.717) is 43.4 Å². The number of nitrogens with one attached hydrogen (secondary N) is 1. The molecule has 1 amide bonds. The maximum absolute atomic E-state index is 13.0. The lowest BCUT2D eigenvalue weighted by Gasteiger charge is -2.26. The summed E-state index contributed by atoms with van der Waals surface area (Å²) in [7, 11) is 0. The van der Waals surface area contributed by atoms with Gasteiger partial charge >= 0.3 is 5.97 Å². The average Bonchev–Trinajstić information content (AvgIpc) is 2.77. The number of phenolic OH excluding ortho intramolecular Hbond substituents is 1. The van der Waals surface area contributed by atoms with Gasteiger partial charge in [-0.25, -0.2) is 4.39 Å². The van der Waals surface area contributed by atoms with Gasteiger partial charge in [-0.1, -0.05) is 0 Å². The highest BCUT2D eigenvalue weighted by Gasteiger charge is 2.26. The molecular weight excluding hydrogens is 417 g/mol. The molecule has 2 aromatic rings. The molecule has 0 spiro atoms. The van der Waals surface area contributed by atoms with Crippen LogP contribution in [0.15, 0.2) is 42.5 Å². The van der Waals surface area contributed by atoms with Crippen molar-refractivity contribution >= 4 is 17.7 Å². The predicted octanol–water partition coefficient (Wildman–Crippen LogP) is 3.95. The number of hydrogen-bond donors (Lipinski definition) is 3. The summed E-state index contributed by atoms with van der Waals surface area (Å²) >= 11 is 0. The zero-order valence-electron chi connectivity index (χ0n) is 17.6. The van der Waals surface area contributed by atoms with Crippen molar-refractivity contribution in [3.05, 3.63) is 59.4 Å². The van der Waals surface area contributed by atoms with E-state index in [2.05, 4.69) is 5.32 Å². The smallest absolute Gasteiger partial charge is 0.306 e. The van der Waals surface area contributed by atoms with Gasteiger partial charge in [-0.15, -0.1) is 0 Å². The number of Topliss-reactive ketones (excluding diaryl/α,β-unsaturated/α-hetero) is 1. The van der Waals surface area contributed by atoms with Crippen LogP contribution in [-0.2, 0) is 4.79 Å². The Morgan fingerprint density at radius 1 is 1.03 bits per heavy atom. The van der Waals surface area contributed by atoms with Gasteiger partial charge in [-0.2, -0.15) is 0 Å². The van der Waals surface area contributed by atoms with Gasteiger partial charge in [0.05, 0.1) is 17.6 Å². The second-order valence-corrected chi connectivity index (χ2v) is 7.90. The first-order valence-corrected chi connectivity index (χ1v) is 10.6. The van der Waals surface area contributed by atoms with E-state index in [1.54, 1.807) is 24.3 Å². The lowest BCUT2D eigenvalue weighted by atomic mass is 9.87. The molecule has 1 aliphatic carbocycles. The first-order valence-electron chi connectivity index (χ1n) is 10.6. The van der Waals surface area contributed by atoms with E-state index in [4.69, 9.17) is 9.84 Å². The molecule has 0 atom stereocenters. The minimum absolute atomic E-state index is 0.0173. The van der Waals surface area contributed by atoms with Crippen LogP contribution in [0.4, 0.5) is 4.39 Å². The molecule has 1 aliphatic rings. The Balaban J connectivity index is 1.40. The Bertz CT molecular complexity index is 967. The first kappa shape index (κ1) is 23.2. The third-order valence-electron chi connectivity index (χ3n) is 5.57. The summed E-state index contributed by atoms with van der Waals surface area (Å²) in [4.78, 5) is 35.4. The van der Waals surface area contributed by atoms with Crippen molar-refractivity contribution in [2.24, 2.45) is 5.92 Å². The Kier molecular flexibility index (Phi) is 7.81. The number of halogens is 1. The van der Waals surface area contributed by atoms with E-state index >= 15 is 0 Å². The van der Waals surface area contributed by atoms with Crippen molar-refractivity contribution in [3.8, 4) is 11.5 Å². The summed E-state index contributed by atoms with van der Waals surface area (Å²) in [5, 5.41) is 21.3. The van der Waals surface area contributed by atoms with Crippen LogP contribution < -0.4 is 10.1 Å². The number of hydrogen-bond acceptors (Lipinski definition) is 5. The highest BCUT2D eigenvalue weighted by Crippen LogP contribution is 2.28. The highest BCUT2D eigenvalue weighted by molar-refractivity contribution is 5.97. The zero-order valence-corrected chi connectivity index (χ0v) is 17.6. The zero-order chi connectivity index (χ0) is 23.1. The molecule has 170 valence electrons. The second-order valence-electron chi connectivity index (χ2n) is 7.90. The van der Waals surface area contributed by atoms with E-state index < -0.39 is 23.4 Å². The lowest BCUT2D eigenvalue weighted by molar-refractivity contribution is -0.143. The number of ketones is 1. The molecule has 0 radical (unpaired) electrons. The number of benzene rings is 2. The van der Waals surface area contributed by atoms with Gasteiger partial charge in [-0.05, 0) is 68.5 Å². The Hall–Kier alpha value is -3.42. The Morgan fingerprint density at radius 2 is 1.72 bits per heavy atom. The van der Waals surface area contributed by atoms with Crippen LogP contribution in [-0.4, -0.2) is 40.5 Å². The van der Waals surface area contributed by atoms with Crippen molar-refractivity contribution in [3.63, 3.8) is 0 Å².